The van der Waals surface area contributed by atoms with E-state index in [0.717, 1.165) is 10.8 Å². The third-order valence-electron chi connectivity index (χ3n) is 5.04. The Morgan fingerprint density at radius 3 is 2.21 bits per heavy atom. The van der Waals surface area contributed by atoms with E-state index < -0.39 is 6.10 Å². The quantitative estimate of drug-likeness (QED) is 0.332. The summed E-state index contributed by atoms with van der Waals surface area (Å²) in [6, 6.07) is 27.4. The number of anilines is 2. The summed E-state index contributed by atoms with van der Waals surface area (Å²) in [6.45, 7) is 1.52. The van der Waals surface area contributed by atoms with Gasteiger partial charge in [0.15, 0.2) is 12.7 Å². The van der Waals surface area contributed by atoms with E-state index in [1.165, 1.54) is 0 Å². The van der Waals surface area contributed by atoms with Gasteiger partial charge in [0.05, 0.1) is 5.02 Å². The van der Waals surface area contributed by atoms with Crippen LogP contribution in [0.1, 0.15) is 6.92 Å². The van der Waals surface area contributed by atoms with Gasteiger partial charge in [-0.1, -0.05) is 54.1 Å². The number of hydrogen-bond donors (Lipinski definition) is 2. The van der Waals surface area contributed by atoms with Crippen LogP contribution in [-0.2, 0) is 9.59 Å². The zero-order valence-corrected chi connectivity index (χ0v) is 19.2. The van der Waals surface area contributed by atoms with Gasteiger partial charge in [-0.3, -0.25) is 9.59 Å². The largest absolute Gasteiger partial charge is 0.484 e. The van der Waals surface area contributed by atoms with E-state index in [4.69, 9.17) is 21.1 Å². The molecule has 0 saturated carbocycles. The van der Waals surface area contributed by atoms with Crippen LogP contribution in [0.4, 0.5) is 11.4 Å². The molecule has 0 radical (unpaired) electrons. The first-order valence-corrected chi connectivity index (χ1v) is 11.1. The molecule has 2 N–H and O–H groups in total. The molecule has 2 amide bonds. The lowest BCUT2D eigenvalue weighted by Gasteiger charge is -2.16. The number of para-hydroxylation sites is 1. The Balaban J connectivity index is 1.26. The molecule has 0 aliphatic carbocycles. The van der Waals surface area contributed by atoms with Gasteiger partial charge in [-0.25, -0.2) is 0 Å². The molecule has 7 heteroatoms. The molecule has 172 valence electrons. The summed E-state index contributed by atoms with van der Waals surface area (Å²) >= 11 is 6.07. The second-order valence-corrected chi connectivity index (χ2v) is 8.01. The Hall–Kier alpha value is -4.03. The molecule has 4 aromatic carbocycles. The van der Waals surface area contributed by atoms with Gasteiger partial charge in [0.25, 0.3) is 11.8 Å². The molecule has 6 nitrogen and oxygen atoms in total. The van der Waals surface area contributed by atoms with Crippen LogP contribution < -0.4 is 20.1 Å². The predicted octanol–water partition coefficient (Wildman–Crippen LogP) is 5.92. The van der Waals surface area contributed by atoms with Crippen molar-refractivity contribution in [2.24, 2.45) is 0 Å². The molecule has 0 saturated heterocycles. The molecule has 1 unspecified atom stereocenters. The number of halogens is 1. The normalized spacial score (nSPS) is 11.5. The Bertz CT molecular complexity index is 1310. The summed E-state index contributed by atoms with van der Waals surface area (Å²) < 4.78 is 11.2. The Morgan fingerprint density at radius 1 is 0.824 bits per heavy atom. The van der Waals surface area contributed by atoms with Gasteiger partial charge in [0, 0.05) is 11.4 Å². The molecule has 0 heterocycles. The number of benzene rings is 4. The Morgan fingerprint density at radius 2 is 1.47 bits per heavy atom. The highest BCUT2D eigenvalue weighted by molar-refractivity contribution is 6.32. The molecule has 0 spiro atoms. The molecule has 0 aliphatic heterocycles. The number of carbonyl (C=O) groups excluding carboxylic acids is 2. The number of hydrogen-bond acceptors (Lipinski definition) is 4. The molecule has 0 aromatic heterocycles. The minimum atomic E-state index is -0.744. The molecular formula is C27H23ClN2O4. The van der Waals surface area contributed by atoms with E-state index in [-0.39, 0.29) is 18.4 Å². The minimum Gasteiger partial charge on any atom is -0.484 e. The molecule has 0 aliphatic rings. The fourth-order valence-corrected chi connectivity index (χ4v) is 3.45. The zero-order valence-electron chi connectivity index (χ0n) is 18.5. The number of fused-ring (bicyclic) bond motifs is 1. The lowest BCUT2D eigenvalue weighted by atomic mass is 10.1. The number of nitrogens with one attached hydrogen (secondary N) is 2. The fourth-order valence-electron chi connectivity index (χ4n) is 3.27. The van der Waals surface area contributed by atoms with Gasteiger partial charge < -0.3 is 20.1 Å². The number of rotatable bonds is 8. The molecular weight excluding hydrogens is 452 g/mol. The van der Waals surface area contributed by atoms with Crippen molar-refractivity contribution in [3.63, 3.8) is 0 Å². The van der Waals surface area contributed by atoms with E-state index in [1.54, 1.807) is 55.5 Å². The fraction of sp³-hybridized carbons (Fsp3) is 0.111. The maximum atomic E-state index is 12.4. The first-order chi connectivity index (χ1) is 16.5. The number of ether oxygens (including phenoxy) is 2. The van der Waals surface area contributed by atoms with Gasteiger partial charge >= 0.3 is 0 Å². The lowest BCUT2D eigenvalue weighted by molar-refractivity contribution is -0.122. The summed E-state index contributed by atoms with van der Waals surface area (Å²) in [4.78, 5) is 24.7. The van der Waals surface area contributed by atoms with Gasteiger partial charge in [-0.2, -0.15) is 0 Å². The van der Waals surface area contributed by atoms with Crippen molar-refractivity contribution < 1.29 is 19.1 Å². The van der Waals surface area contributed by atoms with Crippen LogP contribution in [0.25, 0.3) is 10.8 Å². The standard InChI is InChI=1S/C27H23ClN2O4/c1-18(34-25-9-5-4-8-24(25)28)27(32)30-22-13-11-21(12-14-22)29-26(31)17-33-23-15-10-19-6-2-3-7-20(19)16-23/h2-16,18H,17H2,1H3,(H,29,31)(H,30,32). The summed E-state index contributed by atoms with van der Waals surface area (Å²) in [6.07, 6.45) is -0.744. The number of carbonyl (C=O) groups is 2. The van der Waals surface area contributed by atoms with Gasteiger partial charge in [-0.05, 0) is 66.2 Å². The van der Waals surface area contributed by atoms with E-state index in [0.29, 0.717) is 27.9 Å². The average molecular weight is 475 g/mol. The Kier molecular flexibility index (Phi) is 7.30. The maximum Gasteiger partial charge on any atom is 0.265 e. The van der Waals surface area contributed by atoms with Crippen molar-refractivity contribution in [1.82, 2.24) is 0 Å². The van der Waals surface area contributed by atoms with Crippen molar-refractivity contribution in [2.45, 2.75) is 13.0 Å². The summed E-state index contributed by atoms with van der Waals surface area (Å²) in [5.41, 5.74) is 1.16. The molecule has 4 aromatic rings. The SMILES string of the molecule is CC(Oc1ccccc1Cl)C(=O)Nc1ccc(NC(=O)COc2ccc3ccccc3c2)cc1. The summed E-state index contributed by atoms with van der Waals surface area (Å²) in [7, 11) is 0. The van der Waals surface area contributed by atoms with Crippen molar-refractivity contribution in [1.29, 1.82) is 0 Å². The van der Waals surface area contributed by atoms with Crippen molar-refractivity contribution in [3.8, 4) is 11.5 Å². The first-order valence-electron chi connectivity index (χ1n) is 10.7. The van der Waals surface area contributed by atoms with Crippen molar-refractivity contribution >= 4 is 45.6 Å². The zero-order chi connectivity index (χ0) is 23.9. The third-order valence-corrected chi connectivity index (χ3v) is 5.35. The van der Waals surface area contributed by atoms with E-state index in [9.17, 15) is 9.59 Å². The smallest absolute Gasteiger partial charge is 0.265 e. The minimum absolute atomic E-state index is 0.117. The van der Waals surface area contributed by atoms with Gasteiger partial charge in [-0.15, -0.1) is 0 Å². The van der Waals surface area contributed by atoms with Crippen LogP contribution in [-0.4, -0.2) is 24.5 Å². The molecule has 1 atom stereocenters. The maximum absolute atomic E-state index is 12.4. The van der Waals surface area contributed by atoms with E-state index in [2.05, 4.69) is 10.6 Å². The monoisotopic (exact) mass is 474 g/mol. The van der Waals surface area contributed by atoms with Gasteiger partial charge in [0.1, 0.15) is 11.5 Å². The topological polar surface area (TPSA) is 76.7 Å². The van der Waals surface area contributed by atoms with Crippen LogP contribution in [0.5, 0.6) is 11.5 Å². The van der Waals surface area contributed by atoms with E-state index in [1.807, 2.05) is 42.5 Å². The van der Waals surface area contributed by atoms with Crippen LogP contribution in [0.15, 0.2) is 91.0 Å². The molecule has 0 bridgehead atoms. The second-order valence-electron chi connectivity index (χ2n) is 7.60. The van der Waals surface area contributed by atoms with Crippen molar-refractivity contribution in [3.05, 3.63) is 96.0 Å². The van der Waals surface area contributed by atoms with Crippen LogP contribution >= 0.6 is 11.6 Å². The van der Waals surface area contributed by atoms with Crippen molar-refractivity contribution in [2.75, 3.05) is 17.2 Å². The Labute approximate surface area is 202 Å². The molecule has 0 fully saturated rings. The third kappa shape index (κ3) is 6.05. The second kappa shape index (κ2) is 10.7. The first kappa shape index (κ1) is 23.1. The predicted molar refractivity (Wildman–Crippen MR) is 135 cm³/mol. The van der Waals surface area contributed by atoms with Gasteiger partial charge in [0.2, 0.25) is 0 Å². The van der Waals surface area contributed by atoms with Crippen LogP contribution in [0.2, 0.25) is 5.02 Å². The average Bonchev–Trinajstić information content (AvgIpc) is 2.85. The highest BCUT2D eigenvalue weighted by Crippen LogP contribution is 2.25. The highest BCUT2D eigenvalue weighted by Gasteiger charge is 2.16. The van der Waals surface area contributed by atoms with Crippen LogP contribution in [0, 0.1) is 0 Å². The highest BCUT2D eigenvalue weighted by atomic mass is 35.5. The lowest BCUT2D eigenvalue weighted by Crippen LogP contribution is -2.30. The summed E-state index contributed by atoms with van der Waals surface area (Å²) in [5.74, 6) is 0.461. The molecule has 4 rings (SSSR count). The summed E-state index contributed by atoms with van der Waals surface area (Å²) in [5, 5.41) is 8.14. The van der Waals surface area contributed by atoms with E-state index >= 15 is 0 Å². The number of amides is 2. The molecule has 34 heavy (non-hydrogen) atoms. The van der Waals surface area contributed by atoms with Crippen LogP contribution in [0.3, 0.4) is 0 Å².